The summed E-state index contributed by atoms with van der Waals surface area (Å²) in [6.07, 6.45) is 1.57. The van der Waals surface area contributed by atoms with Crippen LogP contribution >= 0.6 is 11.8 Å². The predicted octanol–water partition coefficient (Wildman–Crippen LogP) is 2.19. The molecule has 0 aromatic heterocycles. The summed E-state index contributed by atoms with van der Waals surface area (Å²) in [5, 5.41) is 2.64. The third-order valence-corrected chi connectivity index (χ3v) is 2.87. The second-order valence-electron chi connectivity index (χ2n) is 3.05. The van der Waals surface area contributed by atoms with Crippen molar-refractivity contribution in [1.29, 1.82) is 0 Å². The average molecular weight is 209 g/mol. The molecule has 0 aliphatic carbocycles. The molecule has 14 heavy (non-hydrogen) atoms. The molecule has 1 amide bonds. The van der Waals surface area contributed by atoms with E-state index in [1.54, 1.807) is 11.8 Å². The second-order valence-corrected chi connectivity index (χ2v) is 3.93. The first kappa shape index (κ1) is 9.40. The maximum Gasteiger partial charge on any atom is 0.407 e. The molecule has 1 aliphatic heterocycles. The summed E-state index contributed by atoms with van der Waals surface area (Å²) in [6.45, 7) is 0.566. The molecule has 1 atom stereocenters. The van der Waals surface area contributed by atoms with Crippen LogP contribution in [-0.2, 0) is 4.74 Å². The van der Waals surface area contributed by atoms with Crippen LogP contribution in [0.1, 0.15) is 11.7 Å². The van der Waals surface area contributed by atoms with Crippen molar-refractivity contribution in [2.24, 2.45) is 0 Å². The van der Waals surface area contributed by atoms with Gasteiger partial charge in [-0.15, -0.1) is 11.8 Å². The minimum absolute atomic E-state index is 0.130. The Morgan fingerprint density at radius 2 is 2.43 bits per heavy atom. The maximum atomic E-state index is 10.8. The van der Waals surface area contributed by atoms with E-state index in [4.69, 9.17) is 4.74 Å². The van der Waals surface area contributed by atoms with Crippen molar-refractivity contribution in [1.82, 2.24) is 5.32 Å². The summed E-state index contributed by atoms with van der Waals surface area (Å²) in [7, 11) is 0. The van der Waals surface area contributed by atoms with Gasteiger partial charge in [-0.1, -0.05) is 12.1 Å². The molecule has 1 heterocycles. The molecule has 1 aromatic carbocycles. The number of ether oxygens (including phenoxy) is 1. The van der Waals surface area contributed by atoms with E-state index in [1.807, 2.05) is 24.5 Å². The van der Waals surface area contributed by atoms with Crippen molar-refractivity contribution in [3.63, 3.8) is 0 Å². The molecule has 1 saturated heterocycles. The Kier molecular flexibility index (Phi) is 2.63. The number of amides is 1. The Balaban J connectivity index is 2.19. The number of carbonyl (C=O) groups is 1. The summed E-state index contributed by atoms with van der Waals surface area (Å²) in [5.41, 5.74) is 1.05. The van der Waals surface area contributed by atoms with E-state index in [-0.39, 0.29) is 12.2 Å². The van der Waals surface area contributed by atoms with Gasteiger partial charge in [0.25, 0.3) is 0 Å². The van der Waals surface area contributed by atoms with Crippen LogP contribution in [0.4, 0.5) is 4.79 Å². The van der Waals surface area contributed by atoms with Crippen LogP contribution in [0.2, 0.25) is 0 Å². The molecule has 1 aliphatic rings. The smallest absolute Gasteiger partial charge is 0.407 e. The first-order chi connectivity index (χ1) is 6.79. The van der Waals surface area contributed by atoms with Gasteiger partial charge in [-0.2, -0.15) is 0 Å². The highest BCUT2D eigenvalue weighted by Gasteiger charge is 2.23. The molecule has 1 aromatic rings. The number of carbonyl (C=O) groups excluding carboxylic acids is 1. The Hall–Kier alpha value is -1.16. The summed E-state index contributed by atoms with van der Waals surface area (Å²) in [6, 6.07) is 8.05. The topological polar surface area (TPSA) is 38.3 Å². The van der Waals surface area contributed by atoms with Gasteiger partial charge in [0.2, 0.25) is 0 Å². The van der Waals surface area contributed by atoms with Gasteiger partial charge in [0, 0.05) is 4.90 Å². The minimum atomic E-state index is -0.329. The Bertz CT molecular complexity index is 354. The van der Waals surface area contributed by atoms with Crippen LogP contribution in [-0.4, -0.2) is 18.9 Å². The lowest BCUT2D eigenvalue weighted by atomic mass is 10.1. The molecule has 0 spiro atoms. The quantitative estimate of drug-likeness (QED) is 0.759. The number of alkyl carbamates (subject to hydrolysis) is 1. The second kappa shape index (κ2) is 3.92. The predicted molar refractivity (Wildman–Crippen MR) is 55.4 cm³/mol. The van der Waals surface area contributed by atoms with Crippen LogP contribution in [0.25, 0.3) is 0 Å². The summed E-state index contributed by atoms with van der Waals surface area (Å²) in [4.78, 5) is 12.0. The molecular weight excluding hydrogens is 198 g/mol. The highest BCUT2D eigenvalue weighted by molar-refractivity contribution is 7.98. The molecule has 3 nitrogen and oxygen atoms in total. The number of nitrogens with one attached hydrogen (secondary N) is 1. The Morgan fingerprint density at radius 3 is 3.07 bits per heavy atom. The SMILES string of the molecule is CSc1cccc(C2CNC(=O)O2)c1. The van der Waals surface area contributed by atoms with E-state index in [0.29, 0.717) is 6.54 Å². The number of hydrogen-bond donors (Lipinski definition) is 1. The van der Waals surface area contributed by atoms with Gasteiger partial charge in [0.1, 0.15) is 6.10 Å². The van der Waals surface area contributed by atoms with Crippen LogP contribution in [0.5, 0.6) is 0 Å². The van der Waals surface area contributed by atoms with Crippen LogP contribution in [0.15, 0.2) is 29.2 Å². The lowest BCUT2D eigenvalue weighted by molar-refractivity contribution is 0.141. The van der Waals surface area contributed by atoms with Crippen molar-refractivity contribution in [2.75, 3.05) is 12.8 Å². The number of thioether (sulfide) groups is 1. The Labute approximate surface area is 86.8 Å². The minimum Gasteiger partial charge on any atom is -0.439 e. The van der Waals surface area contributed by atoms with Crippen LogP contribution in [0, 0.1) is 0 Å². The first-order valence-corrected chi connectivity index (χ1v) is 5.60. The molecule has 74 valence electrons. The fourth-order valence-corrected chi connectivity index (χ4v) is 1.88. The molecule has 1 fully saturated rings. The van der Waals surface area contributed by atoms with Gasteiger partial charge in [-0.25, -0.2) is 4.79 Å². The number of hydrogen-bond acceptors (Lipinski definition) is 3. The highest BCUT2D eigenvalue weighted by Crippen LogP contribution is 2.24. The molecule has 0 radical (unpaired) electrons. The maximum absolute atomic E-state index is 10.8. The third kappa shape index (κ3) is 1.85. The first-order valence-electron chi connectivity index (χ1n) is 4.38. The number of benzene rings is 1. The zero-order chi connectivity index (χ0) is 9.97. The van der Waals surface area contributed by atoms with Gasteiger partial charge in [-0.3, -0.25) is 0 Å². The normalized spacial score (nSPS) is 20.4. The van der Waals surface area contributed by atoms with E-state index in [0.717, 1.165) is 5.56 Å². The van der Waals surface area contributed by atoms with Gasteiger partial charge in [0.15, 0.2) is 0 Å². The standard InChI is InChI=1S/C10H11NO2S/c1-14-8-4-2-3-7(5-8)9-6-11-10(12)13-9/h2-5,9H,6H2,1H3,(H,11,12). The van der Waals surface area contributed by atoms with Gasteiger partial charge < -0.3 is 10.1 Å². The van der Waals surface area contributed by atoms with E-state index in [9.17, 15) is 4.79 Å². The largest absolute Gasteiger partial charge is 0.439 e. The fraction of sp³-hybridized carbons (Fsp3) is 0.300. The monoisotopic (exact) mass is 209 g/mol. The van der Waals surface area contributed by atoms with Crippen LogP contribution in [0.3, 0.4) is 0 Å². The van der Waals surface area contributed by atoms with Crippen LogP contribution < -0.4 is 5.32 Å². The highest BCUT2D eigenvalue weighted by atomic mass is 32.2. The molecule has 1 unspecified atom stereocenters. The lowest BCUT2D eigenvalue weighted by Crippen LogP contribution is -2.12. The van der Waals surface area contributed by atoms with Crippen molar-refractivity contribution in [3.8, 4) is 0 Å². The van der Waals surface area contributed by atoms with Gasteiger partial charge in [0.05, 0.1) is 6.54 Å². The van der Waals surface area contributed by atoms with Crippen molar-refractivity contribution in [3.05, 3.63) is 29.8 Å². The molecule has 1 N–H and O–H groups in total. The summed E-state index contributed by atoms with van der Waals surface area (Å²) >= 11 is 1.68. The third-order valence-electron chi connectivity index (χ3n) is 2.15. The fourth-order valence-electron chi connectivity index (χ4n) is 1.42. The van der Waals surface area contributed by atoms with E-state index in [1.165, 1.54) is 4.90 Å². The zero-order valence-electron chi connectivity index (χ0n) is 7.82. The summed E-state index contributed by atoms with van der Waals surface area (Å²) < 4.78 is 5.09. The molecule has 0 saturated carbocycles. The number of cyclic esters (lactones) is 1. The molecular formula is C10H11NO2S. The lowest BCUT2D eigenvalue weighted by Gasteiger charge is -2.08. The van der Waals surface area contributed by atoms with E-state index < -0.39 is 0 Å². The van der Waals surface area contributed by atoms with Crippen molar-refractivity contribution >= 4 is 17.9 Å². The van der Waals surface area contributed by atoms with Crippen molar-refractivity contribution in [2.45, 2.75) is 11.0 Å². The Morgan fingerprint density at radius 1 is 1.57 bits per heavy atom. The van der Waals surface area contributed by atoms with Gasteiger partial charge >= 0.3 is 6.09 Å². The average Bonchev–Trinajstić information content (AvgIpc) is 2.65. The number of rotatable bonds is 2. The van der Waals surface area contributed by atoms with E-state index >= 15 is 0 Å². The summed E-state index contributed by atoms with van der Waals surface area (Å²) in [5.74, 6) is 0. The molecule has 2 rings (SSSR count). The zero-order valence-corrected chi connectivity index (χ0v) is 8.64. The molecule has 4 heteroatoms. The van der Waals surface area contributed by atoms with Crippen molar-refractivity contribution < 1.29 is 9.53 Å². The molecule has 0 bridgehead atoms. The van der Waals surface area contributed by atoms with Gasteiger partial charge in [-0.05, 0) is 24.0 Å². The van der Waals surface area contributed by atoms with E-state index in [2.05, 4.69) is 11.4 Å².